The molecule has 1 heterocycles. The maximum Gasteiger partial charge on any atom is 0.337 e. The molecule has 0 radical (unpaired) electrons. The summed E-state index contributed by atoms with van der Waals surface area (Å²) < 4.78 is 6.86. The number of benzene rings is 1. The summed E-state index contributed by atoms with van der Waals surface area (Å²) in [5, 5.41) is 0. The monoisotopic (exact) mass is 328 g/mol. The molecule has 1 aromatic carbocycles. The Balaban J connectivity index is 2.56. The largest absolute Gasteiger partial charge is 0.465 e. The van der Waals surface area contributed by atoms with Crippen LogP contribution in [0, 0.1) is 13.8 Å². The second-order valence-corrected chi connectivity index (χ2v) is 5.86. The Kier molecular flexibility index (Phi) is 5.44. The van der Waals surface area contributed by atoms with Gasteiger partial charge in [-0.25, -0.2) is 4.79 Å². The van der Waals surface area contributed by atoms with Gasteiger partial charge in [-0.2, -0.15) is 0 Å². The first-order chi connectivity index (χ1) is 11.4. The highest BCUT2D eigenvalue weighted by Gasteiger charge is 2.22. The number of carbonyl (C=O) groups excluding carboxylic acids is 2. The van der Waals surface area contributed by atoms with Crippen LogP contribution in [0.1, 0.15) is 51.9 Å². The van der Waals surface area contributed by atoms with Crippen molar-refractivity contribution in [2.75, 3.05) is 7.11 Å². The minimum Gasteiger partial charge on any atom is -0.465 e. The molecule has 1 aromatic heterocycles. The van der Waals surface area contributed by atoms with E-state index < -0.39 is 5.91 Å². The first-order valence-corrected chi connectivity index (χ1v) is 8.10. The van der Waals surface area contributed by atoms with Gasteiger partial charge in [-0.1, -0.05) is 25.5 Å². The zero-order valence-corrected chi connectivity index (χ0v) is 14.7. The van der Waals surface area contributed by atoms with E-state index in [0.717, 1.165) is 41.9 Å². The minimum atomic E-state index is -0.433. The smallest absolute Gasteiger partial charge is 0.337 e. The number of rotatable bonds is 6. The molecule has 0 aliphatic rings. The molecule has 0 spiro atoms. The summed E-state index contributed by atoms with van der Waals surface area (Å²) in [5.74, 6) is -0.817. The average molecular weight is 328 g/mol. The third-order valence-corrected chi connectivity index (χ3v) is 4.36. The fraction of sp³-hybridized carbons (Fsp3) is 0.368. The van der Waals surface area contributed by atoms with Gasteiger partial charge in [0.1, 0.15) is 0 Å². The van der Waals surface area contributed by atoms with Crippen LogP contribution in [0.25, 0.3) is 11.1 Å². The Hall–Kier alpha value is -2.56. The number of nitrogens with zero attached hydrogens (tertiary/aromatic N) is 1. The third kappa shape index (κ3) is 3.20. The number of carbonyl (C=O) groups is 2. The molecule has 0 aliphatic heterocycles. The fourth-order valence-corrected chi connectivity index (χ4v) is 3.08. The fourth-order valence-electron chi connectivity index (χ4n) is 3.08. The summed E-state index contributed by atoms with van der Waals surface area (Å²) in [5.41, 5.74) is 10.3. The molecule has 2 rings (SSSR count). The van der Waals surface area contributed by atoms with E-state index in [1.807, 2.05) is 26.0 Å². The van der Waals surface area contributed by atoms with Gasteiger partial charge in [0.05, 0.1) is 18.2 Å². The van der Waals surface area contributed by atoms with Crippen molar-refractivity contribution in [1.82, 2.24) is 4.57 Å². The van der Waals surface area contributed by atoms with Crippen molar-refractivity contribution >= 4 is 11.9 Å². The summed E-state index contributed by atoms with van der Waals surface area (Å²) in [4.78, 5) is 23.6. The molecule has 5 heteroatoms. The zero-order valence-electron chi connectivity index (χ0n) is 14.7. The molecule has 1 amide bonds. The van der Waals surface area contributed by atoms with Gasteiger partial charge in [0.25, 0.3) is 5.91 Å². The number of ether oxygens (including phenoxy) is 1. The second-order valence-electron chi connectivity index (χ2n) is 5.86. The third-order valence-electron chi connectivity index (χ3n) is 4.36. The van der Waals surface area contributed by atoms with E-state index in [1.165, 1.54) is 7.11 Å². The van der Waals surface area contributed by atoms with Crippen molar-refractivity contribution in [2.24, 2.45) is 5.73 Å². The topological polar surface area (TPSA) is 74.3 Å². The minimum absolute atomic E-state index is 0.384. The van der Waals surface area contributed by atoms with E-state index in [2.05, 4.69) is 11.5 Å². The summed E-state index contributed by atoms with van der Waals surface area (Å²) in [6.45, 7) is 6.91. The molecule has 0 saturated carbocycles. The molecule has 0 bridgehead atoms. The van der Waals surface area contributed by atoms with Crippen molar-refractivity contribution in [3.05, 3.63) is 46.8 Å². The number of esters is 1. The molecule has 0 atom stereocenters. The van der Waals surface area contributed by atoms with Crippen LogP contribution < -0.4 is 5.73 Å². The number of unbranched alkanes of at least 4 members (excludes halogenated alkanes) is 1. The number of hydrogen-bond acceptors (Lipinski definition) is 3. The Morgan fingerprint density at radius 2 is 1.75 bits per heavy atom. The number of nitrogens with two attached hydrogens (primary N) is 1. The summed E-state index contributed by atoms with van der Waals surface area (Å²) in [6.07, 6.45) is 2.11. The number of amides is 1. The standard InChI is InChI=1S/C19H24N2O3/c1-5-6-11-21-12(2)16(17(13(21)3)18(20)22)14-7-9-15(10-8-14)19(23)24-4/h7-10H,5-6,11H2,1-4H3,(H2,20,22). The molecule has 0 saturated heterocycles. The Morgan fingerprint density at radius 1 is 1.12 bits per heavy atom. The van der Waals surface area contributed by atoms with Gasteiger partial charge in [-0.05, 0) is 38.0 Å². The first kappa shape index (κ1) is 17.8. The van der Waals surface area contributed by atoms with Crippen LogP contribution in [0.5, 0.6) is 0 Å². The van der Waals surface area contributed by atoms with Crippen LogP contribution >= 0.6 is 0 Å². The van der Waals surface area contributed by atoms with Crippen LogP contribution in [-0.2, 0) is 11.3 Å². The van der Waals surface area contributed by atoms with E-state index in [4.69, 9.17) is 10.5 Å². The number of hydrogen-bond donors (Lipinski definition) is 1. The van der Waals surface area contributed by atoms with E-state index in [9.17, 15) is 9.59 Å². The number of primary amides is 1. The molecule has 0 aliphatic carbocycles. The predicted octanol–water partition coefficient (Wildman–Crippen LogP) is 3.46. The molecule has 2 N–H and O–H groups in total. The highest BCUT2D eigenvalue weighted by atomic mass is 16.5. The Bertz CT molecular complexity index is 758. The predicted molar refractivity (Wildman–Crippen MR) is 94.1 cm³/mol. The molecule has 2 aromatic rings. The number of methoxy groups -OCH3 is 1. The summed E-state index contributed by atoms with van der Waals surface area (Å²) in [7, 11) is 1.35. The van der Waals surface area contributed by atoms with Crippen LogP contribution in [0.15, 0.2) is 24.3 Å². The maximum atomic E-state index is 12.0. The van der Waals surface area contributed by atoms with E-state index in [-0.39, 0.29) is 5.97 Å². The molecule has 24 heavy (non-hydrogen) atoms. The van der Waals surface area contributed by atoms with Crippen molar-refractivity contribution in [1.29, 1.82) is 0 Å². The summed E-state index contributed by atoms with van der Waals surface area (Å²) in [6, 6.07) is 7.05. The van der Waals surface area contributed by atoms with Gasteiger partial charge in [-0.15, -0.1) is 0 Å². The highest BCUT2D eigenvalue weighted by Crippen LogP contribution is 2.32. The van der Waals surface area contributed by atoms with Gasteiger partial charge < -0.3 is 15.0 Å². The molecule has 5 nitrogen and oxygen atoms in total. The first-order valence-electron chi connectivity index (χ1n) is 8.10. The van der Waals surface area contributed by atoms with Gasteiger partial charge in [0.2, 0.25) is 0 Å². The van der Waals surface area contributed by atoms with Crippen molar-refractivity contribution in [3.63, 3.8) is 0 Å². The van der Waals surface area contributed by atoms with Crippen LogP contribution in [0.4, 0.5) is 0 Å². The quantitative estimate of drug-likeness (QED) is 0.825. The lowest BCUT2D eigenvalue weighted by atomic mass is 9.99. The Morgan fingerprint density at radius 3 is 2.25 bits per heavy atom. The van der Waals surface area contributed by atoms with Crippen LogP contribution in [-0.4, -0.2) is 23.6 Å². The normalized spacial score (nSPS) is 10.7. The summed E-state index contributed by atoms with van der Waals surface area (Å²) >= 11 is 0. The second kappa shape index (κ2) is 7.34. The van der Waals surface area contributed by atoms with Crippen LogP contribution in [0.2, 0.25) is 0 Å². The highest BCUT2D eigenvalue weighted by molar-refractivity contribution is 6.02. The van der Waals surface area contributed by atoms with Crippen molar-refractivity contribution < 1.29 is 14.3 Å². The van der Waals surface area contributed by atoms with E-state index in [1.54, 1.807) is 12.1 Å². The SMILES string of the molecule is CCCCn1c(C)c(C(N)=O)c(-c2ccc(C(=O)OC)cc2)c1C. The maximum absolute atomic E-state index is 12.0. The van der Waals surface area contributed by atoms with E-state index >= 15 is 0 Å². The Labute approximate surface area is 142 Å². The van der Waals surface area contributed by atoms with Crippen LogP contribution in [0.3, 0.4) is 0 Å². The average Bonchev–Trinajstić information content (AvgIpc) is 2.83. The lowest BCUT2D eigenvalue weighted by Crippen LogP contribution is -2.13. The van der Waals surface area contributed by atoms with Gasteiger partial charge in [-0.3, -0.25) is 4.79 Å². The lowest BCUT2D eigenvalue weighted by molar-refractivity contribution is 0.0600. The zero-order chi connectivity index (χ0) is 17.9. The van der Waals surface area contributed by atoms with Crippen molar-refractivity contribution in [2.45, 2.75) is 40.2 Å². The molecular weight excluding hydrogens is 304 g/mol. The lowest BCUT2D eigenvalue weighted by Gasteiger charge is -2.09. The number of aromatic nitrogens is 1. The molecule has 0 fully saturated rings. The molecular formula is C19H24N2O3. The van der Waals surface area contributed by atoms with Gasteiger partial charge >= 0.3 is 5.97 Å². The molecule has 128 valence electrons. The van der Waals surface area contributed by atoms with Gasteiger partial charge in [0, 0.05) is 23.5 Å². The molecule has 0 unspecified atom stereocenters. The van der Waals surface area contributed by atoms with Gasteiger partial charge in [0.15, 0.2) is 0 Å². The van der Waals surface area contributed by atoms with E-state index in [0.29, 0.717) is 11.1 Å². The van der Waals surface area contributed by atoms with Crippen molar-refractivity contribution in [3.8, 4) is 11.1 Å².